The number of piperidine rings is 2. The summed E-state index contributed by atoms with van der Waals surface area (Å²) in [6, 6.07) is 3.87. The Labute approximate surface area is 188 Å². The Hall–Kier alpha value is -1.21. The van der Waals surface area contributed by atoms with Crippen LogP contribution in [-0.2, 0) is 11.2 Å². The quantitative estimate of drug-likeness (QED) is 0.463. The number of amides is 1. The van der Waals surface area contributed by atoms with Gasteiger partial charge in [0.25, 0.3) is 0 Å². The summed E-state index contributed by atoms with van der Waals surface area (Å²) in [5.74, 6) is 1.81. The number of aromatic nitrogens is 1. The molecule has 0 spiro atoms. The zero-order valence-corrected chi connectivity index (χ0v) is 19.1. The van der Waals surface area contributed by atoms with E-state index in [1.54, 1.807) is 12.4 Å². The van der Waals surface area contributed by atoms with Crippen molar-refractivity contribution >= 4 is 18.3 Å². The van der Waals surface area contributed by atoms with E-state index in [0.717, 1.165) is 57.0 Å². The number of carbonyl (C=O) groups excluding carboxylic acids is 1. The number of unbranched alkanes of at least 4 members (excludes halogenated alkanes) is 1. The highest BCUT2D eigenvalue weighted by Gasteiger charge is 2.22. The zero-order valence-electron chi connectivity index (χ0n) is 18.3. The Bertz CT molecular complexity index is 574. The van der Waals surface area contributed by atoms with Gasteiger partial charge in [0.1, 0.15) is 0 Å². The van der Waals surface area contributed by atoms with Gasteiger partial charge in [-0.25, -0.2) is 0 Å². The second-order valence-electron chi connectivity index (χ2n) is 8.67. The Balaban J connectivity index is 0.00000320. The van der Waals surface area contributed by atoms with E-state index in [-0.39, 0.29) is 18.3 Å². The Kier molecular flexibility index (Phi) is 12.3. The number of halogens is 1. The number of pyridine rings is 1. The Morgan fingerprint density at radius 1 is 1.03 bits per heavy atom. The van der Waals surface area contributed by atoms with Crippen molar-refractivity contribution in [3.05, 3.63) is 30.1 Å². The van der Waals surface area contributed by atoms with Crippen LogP contribution in [0, 0.1) is 11.8 Å². The maximum absolute atomic E-state index is 12.4. The fourth-order valence-corrected chi connectivity index (χ4v) is 4.37. The maximum Gasteiger partial charge on any atom is 0.227 e. The topological polar surface area (TPSA) is 69.3 Å². The summed E-state index contributed by atoms with van der Waals surface area (Å²) in [5, 5.41) is 10.7. The molecular weight excluding hydrogens is 398 g/mol. The smallest absolute Gasteiger partial charge is 0.227 e. The van der Waals surface area contributed by atoms with E-state index in [4.69, 9.17) is 0 Å². The average Bonchev–Trinajstić information content (AvgIpc) is 2.77. The first-order valence-corrected chi connectivity index (χ1v) is 11.6. The molecule has 1 aromatic rings. The highest BCUT2D eigenvalue weighted by Crippen LogP contribution is 2.17. The predicted molar refractivity (Wildman–Crippen MR) is 125 cm³/mol. The predicted octanol–water partition coefficient (Wildman–Crippen LogP) is 2.24. The number of nitrogens with one attached hydrogen (secondary N) is 3. The van der Waals surface area contributed by atoms with Crippen molar-refractivity contribution in [3.8, 4) is 0 Å². The maximum atomic E-state index is 12.4. The molecule has 30 heavy (non-hydrogen) atoms. The van der Waals surface area contributed by atoms with Gasteiger partial charge in [0.15, 0.2) is 0 Å². The number of hydrogen-bond donors (Lipinski definition) is 3. The molecule has 1 aromatic heterocycles. The lowest BCUT2D eigenvalue weighted by Gasteiger charge is -2.32. The Morgan fingerprint density at radius 2 is 1.67 bits per heavy atom. The van der Waals surface area contributed by atoms with Crippen molar-refractivity contribution in [2.45, 2.75) is 44.9 Å². The van der Waals surface area contributed by atoms with Gasteiger partial charge in [0, 0.05) is 25.5 Å². The lowest BCUT2D eigenvalue weighted by Crippen LogP contribution is -2.41. The SMILES string of the molecule is Cl.O=C(Cc1cccnc1)N1CCC(CNCCCCNCC2CCNCC2)CC1. The first-order valence-electron chi connectivity index (χ1n) is 11.6. The number of rotatable bonds is 11. The van der Waals surface area contributed by atoms with E-state index in [0.29, 0.717) is 12.3 Å². The van der Waals surface area contributed by atoms with Crippen molar-refractivity contribution in [3.63, 3.8) is 0 Å². The van der Waals surface area contributed by atoms with Gasteiger partial charge >= 0.3 is 0 Å². The molecular formula is C23H40ClN5O. The van der Waals surface area contributed by atoms with Crippen LogP contribution in [0.25, 0.3) is 0 Å². The molecule has 3 N–H and O–H groups in total. The van der Waals surface area contributed by atoms with E-state index < -0.39 is 0 Å². The fourth-order valence-electron chi connectivity index (χ4n) is 4.37. The van der Waals surface area contributed by atoms with Gasteiger partial charge in [-0.1, -0.05) is 6.07 Å². The van der Waals surface area contributed by atoms with Crippen LogP contribution in [0.1, 0.15) is 44.1 Å². The lowest BCUT2D eigenvalue weighted by molar-refractivity contribution is -0.131. The molecule has 0 unspecified atom stereocenters. The van der Waals surface area contributed by atoms with E-state index in [1.165, 1.54) is 45.3 Å². The van der Waals surface area contributed by atoms with Gasteiger partial charge in [-0.2, -0.15) is 0 Å². The number of nitrogens with zero attached hydrogens (tertiary/aromatic N) is 2. The first-order chi connectivity index (χ1) is 14.3. The number of hydrogen-bond acceptors (Lipinski definition) is 5. The molecule has 0 radical (unpaired) electrons. The van der Waals surface area contributed by atoms with Crippen LogP contribution in [0.5, 0.6) is 0 Å². The molecule has 2 aliphatic heterocycles. The van der Waals surface area contributed by atoms with Crippen LogP contribution in [-0.4, -0.2) is 68.1 Å². The number of likely N-dealkylation sites (tertiary alicyclic amines) is 1. The third kappa shape index (κ3) is 9.29. The van der Waals surface area contributed by atoms with Crippen molar-refractivity contribution in [2.24, 2.45) is 11.8 Å². The van der Waals surface area contributed by atoms with Crippen LogP contribution < -0.4 is 16.0 Å². The normalized spacial score (nSPS) is 18.2. The first kappa shape index (κ1) is 25.1. The summed E-state index contributed by atoms with van der Waals surface area (Å²) < 4.78 is 0. The molecule has 7 heteroatoms. The monoisotopic (exact) mass is 437 g/mol. The molecule has 0 bridgehead atoms. The molecule has 2 aliphatic rings. The van der Waals surface area contributed by atoms with Crippen LogP contribution in [0.3, 0.4) is 0 Å². The molecule has 3 rings (SSSR count). The highest BCUT2D eigenvalue weighted by atomic mass is 35.5. The van der Waals surface area contributed by atoms with Gasteiger partial charge < -0.3 is 20.9 Å². The second kappa shape index (κ2) is 14.7. The fraction of sp³-hybridized carbons (Fsp3) is 0.739. The molecule has 0 aromatic carbocycles. The Morgan fingerprint density at radius 3 is 2.27 bits per heavy atom. The van der Waals surface area contributed by atoms with Crippen LogP contribution in [0.4, 0.5) is 0 Å². The van der Waals surface area contributed by atoms with Crippen LogP contribution in [0.15, 0.2) is 24.5 Å². The van der Waals surface area contributed by atoms with Crippen molar-refractivity contribution in [1.82, 2.24) is 25.8 Å². The summed E-state index contributed by atoms with van der Waals surface area (Å²) >= 11 is 0. The molecule has 2 saturated heterocycles. The van der Waals surface area contributed by atoms with E-state index in [9.17, 15) is 4.79 Å². The second-order valence-corrected chi connectivity index (χ2v) is 8.67. The van der Waals surface area contributed by atoms with Gasteiger partial charge in [-0.3, -0.25) is 9.78 Å². The zero-order chi connectivity index (χ0) is 20.2. The van der Waals surface area contributed by atoms with Gasteiger partial charge in [-0.05, 0) is 101 Å². The average molecular weight is 438 g/mol. The summed E-state index contributed by atoms with van der Waals surface area (Å²) in [6.45, 7) is 8.69. The van der Waals surface area contributed by atoms with Crippen molar-refractivity contribution in [1.29, 1.82) is 0 Å². The third-order valence-corrected chi connectivity index (χ3v) is 6.33. The molecule has 2 fully saturated rings. The number of carbonyl (C=O) groups is 1. The van der Waals surface area contributed by atoms with E-state index in [2.05, 4.69) is 20.9 Å². The van der Waals surface area contributed by atoms with E-state index in [1.807, 2.05) is 17.0 Å². The lowest BCUT2D eigenvalue weighted by atomic mass is 9.96. The van der Waals surface area contributed by atoms with Gasteiger partial charge in [0.2, 0.25) is 5.91 Å². The summed E-state index contributed by atoms with van der Waals surface area (Å²) in [4.78, 5) is 18.6. The minimum absolute atomic E-state index is 0. The molecule has 0 saturated carbocycles. The summed E-state index contributed by atoms with van der Waals surface area (Å²) in [6.07, 6.45) is 11.4. The van der Waals surface area contributed by atoms with Crippen LogP contribution >= 0.6 is 12.4 Å². The highest BCUT2D eigenvalue weighted by molar-refractivity contribution is 5.85. The standard InChI is InChI=1S/C23H39N5O.ClH/c29-23(16-22-4-3-11-27-19-22)28-14-7-21(8-15-28)18-26-10-2-1-9-25-17-20-5-12-24-13-6-20;/h3-4,11,19-21,24-26H,1-2,5-10,12-18H2;1H. The minimum Gasteiger partial charge on any atom is -0.342 e. The van der Waals surface area contributed by atoms with Gasteiger partial charge in [-0.15, -0.1) is 12.4 Å². The van der Waals surface area contributed by atoms with Crippen LogP contribution in [0.2, 0.25) is 0 Å². The summed E-state index contributed by atoms with van der Waals surface area (Å²) in [7, 11) is 0. The molecule has 6 nitrogen and oxygen atoms in total. The minimum atomic E-state index is 0. The molecule has 0 aliphatic carbocycles. The van der Waals surface area contributed by atoms with Crippen molar-refractivity contribution < 1.29 is 4.79 Å². The third-order valence-electron chi connectivity index (χ3n) is 6.33. The van der Waals surface area contributed by atoms with Gasteiger partial charge in [0.05, 0.1) is 6.42 Å². The molecule has 3 heterocycles. The van der Waals surface area contributed by atoms with E-state index >= 15 is 0 Å². The molecule has 0 atom stereocenters. The molecule has 1 amide bonds. The largest absolute Gasteiger partial charge is 0.342 e. The molecule has 170 valence electrons. The summed E-state index contributed by atoms with van der Waals surface area (Å²) in [5.41, 5.74) is 1.01. The van der Waals surface area contributed by atoms with Crippen molar-refractivity contribution in [2.75, 3.05) is 52.4 Å².